The van der Waals surface area contributed by atoms with E-state index in [1.165, 1.54) is 24.3 Å². The third-order valence-corrected chi connectivity index (χ3v) is 3.54. The second-order valence-corrected chi connectivity index (χ2v) is 6.08. The highest BCUT2D eigenvalue weighted by Gasteiger charge is 2.19. The molecule has 2 rings (SSSR count). The average Bonchev–Trinajstić information content (AvgIpc) is 3.03. The monoisotopic (exact) mass is 369 g/mol. The number of esters is 1. The van der Waals surface area contributed by atoms with Crippen LogP contribution in [0.5, 0.6) is 0 Å². The number of primary sulfonamides is 1. The zero-order valence-electron chi connectivity index (χ0n) is 12.4. The molecule has 0 bridgehead atoms. The van der Waals surface area contributed by atoms with Gasteiger partial charge in [-0.1, -0.05) is 0 Å². The number of benzene rings is 1. The SMILES string of the molecule is NS(=O)(=O)c1ccc(C(=O)OCC(=O)Nc2ccc([N+](=O)[O-])cc2)o1. The van der Waals surface area contributed by atoms with Crippen molar-refractivity contribution in [2.75, 3.05) is 11.9 Å². The highest BCUT2D eigenvalue weighted by Crippen LogP contribution is 2.16. The normalized spacial score (nSPS) is 10.9. The molecule has 0 aliphatic heterocycles. The third kappa shape index (κ3) is 4.86. The van der Waals surface area contributed by atoms with Gasteiger partial charge in [0.25, 0.3) is 21.6 Å². The molecule has 1 aromatic carbocycles. The van der Waals surface area contributed by atoms with Crippen LogP contribution >= 0.6 is 0 Å². The van der Waals surface area contributed by atoms with E-state index in [0.29, 0.717) is 0 Å². The number of sulfonamides is 1. The summed E-state index contributed by atoms with van der Waals surface area (Å²) in [5, 5.41) is 17.1. The molecule has 3 N–H and O–H groups in total. The van der Waals surface area contributed by atoms with Crippen LogP contribution in [0.15, 0.2) is 45.9 Å². The number of carbonyl (C=O) groups is 2. The number of amides is 1. The third-order valence-electron chi connectivity index (χ3n) is 2.76. The second kappa shape index (κ2) is 7.11. The molecule has 0 aliphatic rings. The molecule has 0 radical (unpaired) electrons. The summed E-state index contributed by atoms with van der Waals surface area (Å²) in [6, 6.07) is 7.02. The van der Waals surface area contributed by atoms with Crippen molar-refractivity contribution in [1.82, 2.24) is 0 Å². The summed E-state index contributed by atoms with van der Waals surface area (Å²) in [4.78, 5) is 33.2. The van der Waals surface area contributed by atoms with E-state index in [4.69, 9.17) is 9.56 Å². The van der Waals surface area contributed by atoms with Crippen molar-refractivity contribution < 1.29 is 32.1 Å². The lowest BCUT2D eigenvalue weighted by atomic mass is 10.3. The van der Waals surface area contributed by atoms with Crippen molar-refractivity contribution in [3.8, 4) is 0 Å². The molecule has 0 fully saturated rings. The van der Waals surface area contributed by atoms with Gasteiger partial charge in [-0.3, -0.25) is 14.9 Å². The van der Waals surface area contributed by atoms with E-state index >= 15 is 0 Å². The predicted molar refractivity (Wildman–Crippen MR) is 82.1 cm³/mol. The Hall–Kier alpha value is -3.25. The standard InChI is InChI=1S/C13H11N3O8S/c14-25(21,22)12-6-5-10(24-12)13(18)23-7-11(17)15-8-1-3-9(4-2-8)16(19)20/h1-6H,7H2,(H,15,17)(H2,14,21,22). The van der Waals surface area contributed by atoms with Crippen LogP contribution in [0, 0.1) is 10.1 Å². The fourth-order valence-corrected chi connectivity index (χ4v) is 2.11. The molecule has 1 aromatic heterocycles. The Morgan fingerprint density at radius 1 is 1.20 bits per heavy atom. The van der Waals surface area contributed by atoms with Crippen molar-refractivity contribution in [2.45, 2.75) is 5.09 Å². The molecule has 132 valence electrons. The molecular weight excluding hydrogens is 358 g/mol. The first kappa shape index (κ1) is 18.1. The van der Waals surface area contributed by atoms with Gasteiger partial charge in [0.2, 0.25) is 10.9 Å². The highest BCUT2D eigenvalue weighted by atomic mass is 32.2. The zero-order valence-corrected chi connectivity index (χ0v) is 13.2. The zero-order chi connectivity index (χ0) is 18.6. The van der Waals surface area contributed by atoms with E-state index < -0.39 is 44.3 Å². The fourth-order valence-electron chi connectivity index (χ4n) is 1.65. The molecule has 0 atom stereocenters. The van der Waals surface area contributed by atoms with Crippen LogP contribution in [0.3, 0.4) is 0 Å². The Morgan fingerprint density at radius 2 is 1.84 bits per heavy atom. The van der Waals surface area contributed by atoms with Crippen LogP contribution in [0.2, 0.25) is 0 Å². The number of furan rings is 1. The van der Waals surface area contributed by atoms with Crippen LogP contribution in [0.4, 0.5) is 11.4 Å². The summed E-state index contributed by atoms with van der Waals surface area (Å²) in [6.07, 6.45) is 0. The summed E-state index contributed by atoms with van der Waals surface area (Å²) >= 11 is 0. The number of non-ortho nitro benzene ring substituents is 1. The summed E-state index contributed by atoms with van der Waals surface area (Å²) in [5.74, 6) is -2.21. The van der Waals surface area contributed by atoms with E-state index in [1.807, 2.05) is 0 Å². The number of nitro benzene ring substituents is 1. The number of ether oxygens (including phenoxy) is 1. The number of nitrogens with zero attached hydrogens (tertiary/aromatic N) is 1. The molecule has 0 unspecified atom stereocenters. The minimum atomic E-state index is -4.10. The Kier molecular flexibility index (Phi) is 5.14. The molecule has 0 spiro atoms. The number of carbonyl (C=O) groups excluding carboxylic acids is 2. The van der Waals surface area contributed by atoms with Crippen molar-refractivity contribution in [3.63, 3.8) is 0 Å². The van der Waals surface area contributed by atoms with Gasteiger partial charge >= 0.3 is 5.97 Å². The van der Waals surface area contributed by atoms with Gasteiger partial charge in [0.05, 0.1) is 4.92 Å². The number of anilines is 1. The van der Waals surface area contributed by atoms with Gasteiger partial charge in [0, 0.05) is 17.8 Å². The molecule has 0 saturated heterocycles. The molecule has 2 aromatic rings. The van der Waals surface area contributed by atoms with E-state index in [0.717, 1.165) is 12.1 Å². The van der Waals surface area contributed by atoms with Gasteiger partial charge in [-0.2, -0.15) is 0 Å². The minimum absolute atomic E-state index is 0.145. The lowest BCUT2D eigenvalue weighted by molar-refractivity contribution is -0.384. The molecular formula is C13H11N3O8S. The largest absolute Gasteiger partial charge is 0.450 e. The molecule has 0 aliphatic carbocycles. The Morgan fingerprint density at radius 3 is 2.36 bits per heavy atom. The summed E-state index contributed by atoms with van der Waals surface area (Å²) in [7, 11) is -4.10. The van der Waals surface area contributed by atoms with Crippen molar-refractivity contribution in [3.05, 3.63) is 52.3 Å². The minimum Gasteiger partial charge on any atom is -0.450 e. The van der Waals surface area contributed by atoms with Crippen LogP contribution < -0.4 is 10.5 Å². The molecule has 1 heterocycles. The quantitative estimate of drug-likeness (QED) is 0.424. The van der Waals surface area contributed by atoms with Crippen molar-refractivity contribution >= 4 is 33.3 Å². The maximum absolute atomic E-state index is 11.7. The van der Waals surface area contributed by atoms with Crippen LogP contribution in [0.25, 0.3) is 0 Å². The topological polar surface area (TPSA) is 172 Å². The predicted octanol–water partition coefficient (Wildman–Crippen LogP) is 0.631. The maximum Gasteiger partial charge on any atom is 0.374 e. The Balaban J connectivity index is 1.90. The molecule has 25 heavy (non-hydrogen) atoms. The van der Waals surface area contributed by atoms with Crippen molar-refractivity contribution in [2.24, 2.45) is 5.14 Å². The first-order chi connectivity index (χ1) is 11.7. The molecule has 1 amide bonds. The fraction of sp³-hybridized carbons (Fsp3) is 0.0769. The van der Waals surface area contributed by atoms with Crippen LogP contribution in [-0.4, -0.2) is 31.8 Å². The van der Waals surface area contributed by atoms with Crippen molar-refractivity contribution in [1.29, 1.82) is 0 Å². The molecule has 11 nitrogen and oxygen atoms in total. The summed E-state index contributed by atoms with van der Waals surface area (Å²) < 4.78 is 31.4. The van der Waals surface area contributed by atoms with Crippen LogP contribution in [0.1, 0.15) is 10.6 Å². The van der Waals surface area contributed by atoms with E-state index in [1.54, 1.807) is 0 Å². The number of nitrogens with two attached hydrogens (primary N) is 1. The lowest BCUT2D eigenvalue weighted by Crippen LogP contribution is -2.20. The van der Waals surface area contributed by atoms with E-state index in [-0.39, 0.29) is 11.4 Å². The first-order valence-corrected chi connectivity index (χ1v) is 8.05. The number of nitro groups is 1. The number of nitrogens with one attached hydrogen (secondary N) is 1. The van der Waals surface area contributed by atoms with E-state index in [2.05, 4.69) is 10.1 Å². The number of hydrogen-bond donors (Lipinski definition) is 2. The van der Waals surface area contributed by atoms with Gasteiger partial charge in [-0.15, -0.1) is 0 Å². The van der Waals surface area contributed by atoms with Gasteiger partial charge in [-0.05, 0) is 24.3 Å². The van der Waals surface area contributed by atoms with Gasteiger partial charge < -0.3 is 14.5 Å². The number of hydrogen-bond acceptors (Lipinski definition) is 8. The van der Waals surface area contributed by atoms with Gasteiger partial charge in [-0.25, -0.2) is 18.4 Å². The smallest absolute Gasteiger partial charge is 0.374 e. The second-order valence-electron chi connectivity index (χ2n) is 4.59. The maximum atomic E-state index is 11.7. The molecule has 0 saturated carbocycles. The van der Waals surface area contributed by atoms with Crippen LogP contribution in [-0.2, 0) is 19.6 Å². The average molecular weight is 369 g/mol. The molecule has 12 heteroatoms. The lowest BCUT2D eigenvalue weighted by Gasteiger charge is -2.05. The number of rotatable bonds is 6. The summed E-state index contributed by atoms with van der Waals surface area (Å²) in [6.45, 7) is -0.679. The van der Waals surface area contributed by atoms with Gasteiger partial charge in [0.15, 0.2) is 6.61 Å². The Labute approximate surface area is 140 Å². The van der Waals surface area contributed by atoms with Gasteiger partial charge in [0.1, 0.15) is 0 Å². The van der Waals surface area contributed by atoms with E-state index in [9.17, 15) is 28.1 Å². The first-order valence-electron chi connectivity index (χ1n) is 6.51. The highest BCUT2D eigenvalue weighted by molar-refractivity contribution is 7.89. The Bertz CT molecular complexity index is 917. The summed E-state index contributed by atoms with van der Waals surface area (Å²) in [5.41, 5.74) is 0.120.